The van der Waals surface area contributed by atoms with Gasteiger partial charge in [-0.05, 0) is 37.5 Å². The van der Waals surface area contributed by atoms with Crippen LogP contribution < -0.4 is 4.74 Å². The van der Waals surface area contributed by atoms with E-state index in [1.54, 1.807) is 18.2 Å². The van der Waals surface area contributed by atoms with E-state index >= 15 is 0 Å². The number of nitrogens with zero attached hydrogens (tertiary/aromatic N) is 1. The molecule has 2 unspecified atom stereocenters. The van der Waals surface area contributed by atoms with Gasteiger partial charge in [0.25, 0.3) is 5.91 Å². The van der Waals surface area contributed by atoms with Gasteiger partial charge in [-0.2, -0.15) is 13.2 Å². The van der Waals surface area contributed by atoms with E-state index in [0.717, 1.165) is 18.4 Å². The Bertz CT molecular complexity index is 1050. The maximum Gasteiger partial charge on any atom is 0.391 e. The van der Waals surface area contributed by atoms with Gasteiger partial charge >= 0.3 is 6.18 Å². The van der Waals surface area contributed by atoms with Gasteiger partial charge < -0.3 is 23.8 Å². The molecule has 2 aromatic carbocycles. The number of methoxy groups -OCH3 is 1. The number of hydrogen-bond donors (Lipinski definition) is 0. The van der Waals surface area contributed by atoms with Gasteiger partial charge in [0, 0.05) is 43.7 Å². The van der Waals surface area contributed by atoms with Crippen LogP contribution in [0.5, 0.6) is 5.75 Å². The molecule has 0 radical (unpaired) electrons. The second-order valence-electron chi connectivity index (χ2n) is 9.95. The van der Waals surface area contributed by atoms with Crippen molar-refractivity contribution in [3.8, 4) is 5.75 Å². The number of benzene rings is 2. The van der Waals surface area contributed by atoms with E-state index in [-0.39, 0.29) is 30.3 Å². The number of rotatable bonds is 9. The van der Waals surface area contributed by atoms with Crippen LogP contribution in [0.3, 0.4) is 0 Å². The zero-order valence-electron chi connectivity index (χ0n) is 22.0. The van der Waals surface area contributed by atoms with Crippen LogP contribution in [-0.2, 0) is 20.8 Å². The number of ether oxygens (including phenoxy) is 4. The third kappa shape index (κ3) is 7.27. The summed E-state index contributed by atoms with van der Waals surface area (Å²) in [4.78, 5) is 15.1. The van der Waals surface area contributed by atoms with Crippen molar-refractivity contribution in [3.63, 3.8) is 0 Å². The Labute approximate surface area is 222 Å². The normalized spacial score (nSPS) is 21.4. The summed E-state index contributed by atoms with van der Waals surface area (Å²) >= 11 is 0. The Balaban J connectivity index is 1.38. The molecule has 1 amide bonds. The van der Waals surface area contributed by atoms with Crippen LogP contribution in [0.2, 0.25) is 0 Å². The minimum absolute atomic E-state index is 0.0269. The minimum Gasteiger partial charge on any atom is -0.496 e. The molecule has 2 saturated heterocycles. The van der Waals surface area contributed by atoms with E-state index in [1.807, 2.05) is 30.0 Å². The average Bonchev–Trinajstić information content (AvgIpc) is 2.91. The Morgan fingerprint density at radius 3 is 2.53 bits per heavy atom. The predicted octanol–water partition coefficient (Wildman–Crippen LogP) is 6.10. The molecular weight excluding hydrogens is 499 g/mol. The number of halogens is 3. The fraction of sp³-hybridized carbons (Fsp3) is 0.552. The molecule has 9 heteroatoms. The molecular formula is C29H36F3NO5. The highest BCUT2D eigenvalue weighted by Gasteiger charge is 2.45. The Morgan fingerprint density at radius 2 is 1.87 bits per heavy atom. The molecule has 2 heterocycles. The van der Waals surface area contributed by atoms with E-state index in [2.05, 4.69) is 12.1 Å². The molecule has 38 heavy (non-hydrogen) atoms. The van der Waals surface area contributed by atoms with E-state index in [4.69, 9.17) is 18.9 Å². The van der Waals surface area contributed by atoms with Gasteiger partial charge in [-0.25, -0.2) is 0 Å². The lowest BCUT2D eigenvalue weighted by Gasteiger charge is -2.48. The van der Waals surface area contributed by atoms with E-state index in [0.29, 0.717) is 49.4 Å². The molecule has 0 saturated carbocycles. The first-order chi connectivity index (χ1) is 18.2. The van der Waals surface area contributed by atoms with Gasteiger partial charge in [0.05, 0.1) is 44.6 Å². The molecule has 208 valence electrons. The topological polar surface area (TPSA) is 57.2 Å². The lowest BCUT2D eigenvalue weighted by Crippen LogP contribution is -2.52. The molecule has 2 fully saturated rings. The predicted molar refractivity (Wildman–Crippen MR) is 136 cm³/mol. The Kier molecular flexibility index (Phi) is 9.33. The molecule has 2 aliphatic rings. The van der Waals surface area contributed by atoms with Crippen LogP contribution in [0.15, 0.2) is 48.5 Å². The first-order valence-corrected chi connectivity index (χ1v) is 13.2. The van der Waals surface area contributed by atoms with Gasteiger partial charge in [0.15, 0.2) is 0 Å². The van der Waals surface area contributed by atoms with Crippen molar-refractivity contribution in [1.29, 1.82) is 0 Å². The highest BCUT2D eigenvalue weighted by Crippen LogP contribution is 2.44. The summed E-state index contributed by atoms with van der Waals surface area (Å²) in [6, 6.07) is 15.2. The molecule has 6 nitrogen and oxygen atoms in total. The number of amides is 1. The highest BCUT2D eigenvalue weighted by atomic mass is 19.4. The lowest BCUT2D eigenvalue weighted by molar-refractivity contribution is -0.190. The van der Waals surface area contributed by atoms with Crippen molar-refractivity contribution in [2.45, 2.75) is 69.6 Å². The minimum atomic E-state index is -4.26. The Morgan fingerprint density at radius 1 is 1.13 bits per heavy atom. The van der Waals surface area contributed by atoms with Gasteiger partial charge in [-0.15, -0.1) is 0 Å². The number of hydrogen-bond acceptors (Lipinski definition) is 5. The number of likely N-dealkylation sites (tertiary alicyclic amines) is 1. The van der Waals surface area contributed by atoms with Crippen molar-refractivity contribution >= 4 is 5.91 Å². The number of piperidine rings is 1. The molecule has 2 aromatic rings. The summed E-state index contributed by atoms with van der Waals surface area (Å²) in [7, 11) is 1.46. The lowest BCUT2D eigenvalue weighted by atomic mass is 9.80. The molecule has 0 N–H and O–H groups in total. The molecule has 0 aliphatic carbocycles. The summed E-state index contributed by atoms with van der Waals surface area (Å²) in [5.74, 6) is 0.302. The van der Waals surface area contributed by atoms with Gasteiger partial charge in [0.2, 0.25) is 0 Å². The molecule has 2 atom stereocenters. The van der Waals surface area contributed by atoms with Gasteiger partial charge in [-0.1, -0.05) is 36.4 Å². The molecule has 4 rings (SSSR count). The summed E-state index contributed by atoms with van der Waals surface area (Å²) in [6.07, 6.45) is -2.15. The van der Waals surface area contributed by atoms with Crippen LogP contribution in [0, 0.1) is 0 Å². The average molecular weight is 536 g/mol. The quantitative estimate of drug-likeness (QED) is 0.364. The fourth-order valence-electron chi connectivity index (χ4n) is 5.36. The third-order valence-corrected chi connectivity index (χ3v) is 7.33. The number of alkyl halides is 3. The van der Waals surface area contributed by atoms with E-state index < -0.39 is 19.2 Å². The van der Waals surface area contributed by atoms with Crippen molar-refractivity contribution < 1.29 is 36.9 Å². The number of carbonyl (C=O) groups is 1. The maximum absolute atomic E-state index is 13.3. The van der Waals surface area contributed by atoms with Crippen molar-refractivity contribution in [2.24, 2.45) is 0 Å². The molecule has 2 aliphatic heterocycles. The highest BCUT2D eigenvalue weighted by molar-refractivity contribution is 5.94. The zero-order chi connectivity index (χ0) is 27.2. The van der Waals surface area contributed by atoms with Gasteiger partial charge in [0.1, 0.15) is 5.75 Å². The number of carbonyl (C=O) groups excluding carboxylic acids is 1. The summed E-state index contributed by atoms with van der Waals surface area (Å²) < 4.78 is 60.4. The molecule has 1 spiro atoms. The van der Waals surface area contributed by atoms with E-state index in [9.17, 15) is 18.0 Å². The maximum atomic E-state index is 13.3. The van der Waals surface area contributed by atoms with Crippen molar-refractivity contribution in [1.82, 2.24) is 4.90 Å². The Hall–Kier alpha value is -2.62. The fourth-order valence-corrected chi connectivity index (χ4v) is 5.36. The van der Waals surface area contributed by atoms with E-state index in [1.165, 1.54) is 7.11 Å². The second-order valence-corrected chi connectivity index (χ2v) is 9.95. The first-order valence-electron chi connectivity index (χ1n) is 13.2. The van der Waals surface area contributed by atoms with Crippen LogP contribution in [0.4, 0.5) is 13.2 Å². The van der Waals surface area contributed by atoms with Crippen molar-refractivity contribution in [3.05, 3.63) is 65.2 Å². The third-order valence-electron chi connectivity index (χ3n) is 7.33. The SMILES string of the molecule is CCOC1CC(c2ccccc2)OC2(CCN(C(=O)c3ccc(COCCC(F)(F)F)c(OC)c3)CC2)C1. The summed E-state index contributed by atoms with van der Waals surface area (Å²) in [5, 5.41) is 0. The standard InChI is InChI=1S/C29H36F3NO5/c1-3-37-24-18-26(21-7-5-4-6-8-21)38-28(19-24)11-14-33(15-12-28)27(34)22-9-10-23(25(17-22)35-2)20-36-16-13-29(30,31)32/h4-10,17,24,26H,3,11-16,18-20H2,1-2H3. The monoisotopic (exact) mass is 535 g/mol. The van der Waals surface area contributed by atoms with Crippen LogP contribution in [-0.4, -0.2) is 62.1 Å². The summed E-state index contributed by atoms with van der Waals surface area (Å²) in [6.45, 7) is 3.32. The first kappa shape index (κ1) is 28.4. The van der Waals surface area contributed by atoms with Crippen LogP contribution in [0.25, 0.3) is 0 Å². The van der Waals surface area contributed by atoms with Crippen LogP contribution >= 0.6 is 0 Å². The summed E-state index contributed by atoms with van der Waals surface area (Å²) in [5.41, 5.74) is 1.86. The second kappa shape index (κ2) is 12.5. The van der Waals surface area contributed by atoms with Crippen LogP contribution in [0.1, 0.15) is 66.6 Å². The van der Waals surface area contributed by atoms with Crippen molar-refractivity contribution in [2.75, 3.05) is 33.4 Å². The molecule has 0 bridgehead atoms. The molecule has 0 aromatic heterocycles. The zero-order valence-corrected chi connectivity index (χ0v) is 22.0. The largest absolute Gasteiger partial charge is 0.496 e. The van der Waals surface area contributed by atoms with Gasteiger partial charge in [-0.3, -0.25) is 4.79 Å². The smallest absolute Gasteiger partial charge is 0.391 e.